The molecule has 0 aliphatic heterocycles. The fraction of sp³-hybridized carbons (Fsp3) is 0.379. The number of hydrogen-bond donors (Lipinski definition) is 3. The maximum Gasteiger partial charge on any atom is 0.409 e. The van der Waals surface area contributed by atoms with Crippen LogP contribution in [0.1, 0.15) is 16.7 Å². The Labute approximate surface area is 229 Å². The molecule has 10 nitrogen and oxygen atoms in total. The number of fused-ring (bicyclic) bond motifs is 1. The lowest BCUT2D eigenvalue weighted by molar-refractivity contribution is -0.124. The number of hydrogen-bond acceptors (Lipinski definition) is 7. The van der Waals surface area contributed by atoms with Gasteiger partial charge in [0.25, 0.3) is 5.91 Å². The number of methoxy groups -OCH3 is 2. The molecule has 0 aliphatic rings. The number of nitrogens with one attached hydrogen (secondary N) is 2. The first-order chi connectivity index (χ1) is 19.0. The van der Waals surface area contributed by atoms with Gasteiger partial charge in [-0.2, -0.15) is 0 Å². The van der Waals surface area contributed by atoms with E-state index in [1.54, 1.807) is 30.7 Å². The van der Waals surface area contributed by atoms with Gasteiger partial charge in [0.15, 0.2) is 0 Å². The Morgan fingerprint density at radius 3 is 2.36 bits per heavy atom. The predicted molar refractivity (Wildman–Crippen MR) is 149 cm³/mol. The van der Waals surface area contributed by atoms with E-state index in [1.807, 2.05) is 36.4 Å². The summed E-state index contributed by atoms with van der Waals surface area (Å²) in [6.45, 7) is 3.96. The maximum atomic E-state index is 12.7. The van der Waals surface area contributed by atoms with Crippen molar-refractivity contribution >= 4 is 29.0 Å². The Balaban J connectivity index is 1.64. The highest BCUT2D eigenvalue weighted by Crippen LogP contribution is 2.19. The van der Waals surface area contributed by atoms with E-state index in [1.165, 1.54) is 17.0 Å². The Morgan fingerprint density at radius 1 is 0.949 bits per heavy atom. The molecule has 3 N–H and O–H groups in total. The average molecular weight is 539 g/mol. The normalized spacial score (nSPS) is 11.4. The van der Waals surface area contributed by atoms with E-state index in [2.05, 4.69) is 28.2 Å². The molecule has 0 bridgehead atoms. The topological polar surface area (TPSA) is 116 Å². The summed E-state index contributed by atoms with van der Waals surface area (Å²) in [5.74, 6) is -0.583. The number of benzene rings is 2. The number of rotatable bonds is 16. The second kappa shape index (κ2) is 16.3. The molecule has 0 atom stereocenters. The number of nitrogens with zero attached hydrogens (tertiary/aromatic N) is 2. The van der Waals surface area contributed by atoms with Crippen molar-refractivity contribution in [3.8, 4) is 0 Å². The third kappa shape index (κ3) is 9.84. The monoisotopic (exact) mass is 538 g/mol. The molecule has 1 aromatic heterocycles. The summed E-state index contributed by atoms with van der Waals surface area (Å²) in [5.41, 5.74) is 5.85. The van der Waals surface area contributed by atoms with Gasteiger partial charge < -0.3 is 24.1 Å². The first kappa shape index (κ1) is 29.9. The van der Waals surface area contributed by atoms with Gasteiger partial charge in [0, 0.05) is 70.1 Å². The number of hydroxylamine groups is 1. The van der Waals surface area contributed by atoms with Crippen LogP contribution in [-0.4, -0.2) is 92.2 Å². The van der Waals surface area contributed by atoms with Gasteiger partial charge >= 0.3 is 6.09 Å². The minimum absolute atomic E-state index is 0.250. The molecular weight excluding hydrogens is 500 g/mol. The molecule has 3 rings (SSSR count). The molecule has 210 valence electrons. The van der Waals surface area contributed by atoms with E-state index in [-0.39, 0.29) is 12.7 Å². The molecule has 0 saturated carbocycles. The van der Waals surface area contributed by atoms with Gasteiger partial charge in [-0.05, 0) is 35.3 Å². The van der Waals surface area contributed by atoms with Crippen molar-refractivity contribution < 1.29 is 29.0 Å². The van der Waals surface area contributed by atoms with Crippen LogP contribution < -0.4 is 5.48 Å². The van der Waals surface area contributed by atoms with E-state index in [0.29, 0.717) is 39.4 Å². The molecule has 10 heteroatoms. The quantitative estimate of drug-likeness (QED) is 0.145. The molecule has 0 saturated heterocycles. The van der Waals surface area contributed by atoms with Crippen LogP contribution in [0.4, 0.5) is 4.79 Å². The van der Waals surface area contributed by atoms with E-state index in [9.17, 15) is 9.59 Å². The lowest BCUT2D eigenvalue weighted by atomic mass is 10.1. The highest BCUT2D eigenvalue weighted by atomic mass is 16.6. The Bertz CT molecular complexity index is 1190. The lowest BCUT2D eigenvalue weighted by Crippen LogP contribution is -2.38. The van der Waals surface area contributed by atoms with Crippen LogP contribution in [0.25, 0.3) is 17.0 Å². The number of H-pyrrole nitrogens is 1. The fourth-order valence-corrected chi connectivity index (χ4v) is 4.14. The van der Waals surface area contributed by atoms with Crippen molar-refractivity contribution in [2.24, 2.45) is 0 Å². The molecule has 0 radical (unpaired) electrons. The number of aromatic amines is 1. The summed E-state index contributed by atoms with van der Waals surface area (Å²) >= 11 is 0. The van der Waals surface area contributed by atoms with Gasteiger partial charge in [0.05, 0.1) is 13.2 Å². The molecule has 0 spiro atoms. The van der Waals surface area contributed by atoms with Gasteiger partial charge in [-0.3, -0.25) is 14.9 Å². The van der Waals surface area contributed by atoms with Crippen LogP contribution in [0.5, 0.6) is 0 Å². The van der Waals surface area contributed by atoms with Gasteiger partial charge in [0.2, 0.25) is 0 Å². The number of aromatic nitrogens is 1. The Kier molecular flexibility index (Phi) is 12.5. The van der Waals surface area contributed by atoms with Crippen molar-refractivity contribution in [3.63, 3.8) is 0 Å². The van der Waals surface area contributed by atoms with Gasteiger partial charge in [0.1, 0.15) is 6.61 Å². The van der Waals surface area contributed by atoms with Crippen LogP contribution in [0.15, 0.2) is 60.8 Å². The van der Waals surface area contributed by atoms with Crippen LogP contribution >= 0.6 is 0 Å². The van der Waals surface area contributed by atoms with Gasteiger partial charge in [-0.1, -0.05) is 42.5 Å². The second-order valence-electron chi connectivity index (χ2n) is 9.02. The zero-order valence-corrected chi connectivity index (χ0v) is 22.6. The summed E-state index contributed by atoms with van der Waals surface area (Å²) in [4.78, 5) is 31.1. The summed E-state index contributed by atoms with van der Waals surface area (Å²) in [7, 11) is 3.19. The fourth-order valence-electron chi connectivity index (χ4n) is 4.14. The largest absolute Gasteiger partial charge is 0.448 e. The second-order valence-corrected chi connectivity index (χ2v) is 9.02. The Hall–Kier alpha value is -3.70. The molecular formula is C29H38N4O6. The third-order valence-corrected chi connectivity index (χ3v) is 6.32. The van der Waals surface area contributed by atoms with Crippen molar-refractivity contribution in [1.29, 1.82) is 0 Å². The van der Waals surface area contributed by atoms with E-state index >= 15 is 0 Å². The number of carbonyl (C=O) groups excluding carboxylic acids is 2. The molecule has 2 aromatic carbocycles. The van der Waals surface area contributed by atoms with E-state index in [0.717, 1.165) is 29.6 Å². The van der Waals surface area contributed by atoms with Crippen molar-refractivity contribution in [2.45, 2.75) is 13.0 Å². The van der Waals surface area contributed by atoms with Crippen LogP contribution in [0.3, 0.4) is 0 Å². The third-order valence-electron chi connectivity index (χ3n) is 6.32. The number of para-hydroxylation sites is 1. The first-order valence-corrected chi connectivity index (χ1v) is 12.9. The molecule has 2 amide bonds. The highest BCUT2D eigenvalue weighted by Gasteiger charge is 2.16. The molecule has 0 unspecified atom stereocenters. The Morgan fingerprint density at radius 2 is 1.67 bits per heavy atom. The SMILES string of the molecule is COCCN(CCOC)C(=O)OCCN(CCc1c[nH]c2ccccc12)Cc1ccc(/C=C/C(=O)NO)cc1. The van der Waals surface area contributed by atoms with Gasteiger partial charge in [-0.25, -0.2) is 10.3 Å². The van der Waals surface area contributed by atoms with Gasteiger partial charge in [-0.15, -0.1) is 0 Å². The summed E-state index contributed by atoms with van der Waals surface area (Å²) < 4.78 is 15.8. The van der Waals surface area contributed by atoms with Crippen LogP contribution in [0.2, 0.25) is 0 Å². The number of carbonyl (C=O) groups is 2. The molecule has 3 aromatic rings. The minimum atomic E-state index is -0.583. The molecule has 1 heterocycles. The van der Waals surface area contributed by atoms with Crippen LogP contribution in [-0.2, 0) is 32.0 Å². The lowest BCUT2D eigenvalue weighted by Gasteiger charge is -2.25. The first-order valence-electron chi connectivity index (χ1n) is 12.9. The summed E-state index contributed by atoms with van der Waals surface area (Å²) in [6, 6.07) is 16.1. The van der Waals surface area contributed by atoms with Crippen LogP contribution in [0, 0.1) is 0 Å². The molecule has 0 fully saturated rings. The van der Waals surface area contributed by atoms with E-state index in [4.69, 9.17) is 19.4 Å². The average Bonchev–Trinajstić information content (AvgIpc) is 3.38. The zero-order chi connectivity index (χ0) is 27.9. The van der Waals surface area contributed by atoms with Crippen molar-refractivity contribution in [2.75, 3.05) is 60.2 Å². The zero-order valence-electron chi connectivity index (χ0n) is 22.6. The van der Waals surface area contributed by atoms with Crippen molar-refractivity contribution in [3.05, 3.63) is 77.5 Å². The molecule has 0 aliphatic carbocycles. The summed E-state index contributed by atoms with van der Waals surface area (Å²) in [5, 5.41) is 9.85. The van der Waals surface area contributed by atoms with E-state index < -0.39 is 5.91 Å². The minimum Gasteiger partial charge on any atom is -0.448 e. The maximum absolute atomic E-state index is 12.7. The predicted octanol–water partition coefficient (Wildman–Crippen LogP) is 3.46. The molecule has 39 heavy (non-hydrogen) atoms. The summed E-state index contributed by atoms with van der Waals surface area (Å²) in [6.07, 6.45) is 5.39. The number of amides is 2. The smallest absolute Gasteiger partial charge is 0.409 e. The highest BCUT2D eigenvalue weighted by molar-refractivity contribution is 5.90. The van der Waals surface area contributed by atoms with Crippen molar-refractivity contribution in [1.82, 2.24) is 20.3 Å². The number of ether oxygens (including phenoxy) is 3. The standard InChI is InChI=1S/C29H38N4O6/c1-37-18-16-33(17-19-38-2)29(35)39-20-15-32(14-13-25-21-30-27-6-4-3-5-26(25)27)22-24-9-7-23(8-10-24)11-12-28(34)31-36/h3-12,21,30,36H,13-20,22H2,1-2H3,(H,31,34)/b12-11+.